The van der Waals surface area contributed by atoms with Crippen LogP contribution in [0, 0.1) is 5.82 Å². The van der Waals surface area contributed by atoms with Crippen LogP contribution in [0.1, 0.15) is 16.7 Å². The van der Waals surface area contributed by atoms with Gasteiger partial charge in [-0.15, -0.1) is 12.4 Å². The molecule has 3 aromatic rings. The molecule has 0 fully saturated rings. The van der Waals surface area contributed by atoms with Gasteiger partial charge in [-0.1, -0.05) is 24.3 Å². The van der Waals surface area contributed by atoms with Crippen molar-refractivity contribution in [2.45, 2.75) is 19.7 Å². The normalized spacial score (nSPS) is 10.5. The first-order chi connectivity index (χ1) is 11.8. The molecule has 3 rings (SSSR count). The van der Waals surface area contributed by atoms with Gasteiger partial charge in [-0.05, 0) is 35.4 Å². The van der Waals surface area contributed by atoms with Crippen molar-refractivity contribution in [3.05, 3.63) is 77.2 Å². The minimum atomic E-state index is -0.241. The first kappa shape index (κ1) is 19.1. The Bertz CT molecular complexity index is 772. The van der Waals surface area contributed by atoms with Crippen molar-refractivity contribution in [2.75, 3.05) is 7.11 Å². The largest absolute Gasteiger partial charge is 0.380 e. The minimum Gasteiger partial charge on any atom is -0.380 e. The van der Waals surface area contributed by atoms with Gasteiger partial charge in [-0.2, -0.15) is 5.10 Å². The molecule has 0 atom stereocenters. The summed E-state index contributed by atoms with van der Waals surface area (Å²) < 4.78 is 18.2. The molecule has 0 aliphatic rings. The zero-order valence-corrected chi connectivity index (χ0v) is 14.8. The van der Waals surface area contributed by atoms with E-state index in [4.69, 9.17) is 4.74 Å². The Morgan fingerprint density at radius 2 is 1.68 bits per heavy atom. The highest BCUT2D eigenvalue weighted by molar-refractivity contribution is 5.85. The number of nitrogens with one attached hydrogen (secondary N) is 2. The van der Waals surface area contributed by atoms with Crippen molar-refractivity contribution >= 4 is 12.4 Å². The third-order valence-corrected chi connectivity index (χ3v) is 3.83. The van der Waals surface area contributed by atoms with E-state index in [0.29, 0.717) is 13.2 Å². The Morgan fingerprint density at radius 3 is 2.36 bits per heavy atom. The highest BCUT2D eigenvalue weighted by Gasteiger charge is 2.07. The van der Waals surface area contributed by atoms with Crippen LogP contribution < -0.4 is 5.32 Å². The van der Waals surface area contributed by atoms with E-state index < -0.39 is 0 Å². The summed E-state index contributed by atoms with van der Waals surface area (Å²) in [7, 11) is 1.69. The average molecular weight is 362 g/mol. The van der Waals surface area contributed by atoms with Crippen LogP contribution in [-0.4, -0.2) is 17.3 Å². The van der Waals surface area contributed by atoms with E-state index in [-0.39, 0.29) is 18.2 Å². The summed E-state index contributed by atoms with van der Waals surface area (Å²) in [6, 6.07) is 14.7. The molecule has 0 amide bonds. The van der Waals surface area contributed by atoms with Gasteiger partial charge < -0.3 is 10.1 Å². The van der Waals surface area contributed by atoms with Gasteiger partial charge in [0.05, 0.1) is 18.5 Å². The van der Waals surface area contributed by atoms with Gasteiger partial charge in [0.25, 0.3) is 0 Å². The predicted molar refractivity (Wildman–Crippen MR) is 98.9 cm³/mol. The van der Waals surface area contributed by atoms with Gasteiger partial charge in [0.2, 0.25) is 0 Å². The average Bonchev–Trinajstić information content (AvgIpc) is 3.06. The SMILES string of the molecule is COCc1ccc(CNCc2cn[nH]c2-c2ccc(F)cc2)cc1.Cl. The number of ether oxygens (including phenoxy) is 1. The quantitative estimate of drug-likeness (QED) is 0.666. The van der Waals surface area contributed by atoms with Gasteiger partial charge in [0.15, 0.2) is 0 Å². The number of H-pyrrole nitrogens is 1. The monoisotopic (exact) mass is 361 g/mol. The van der Waals surface area contributed by atoms with Crippen LogP contribution in [0.2, 0.25) is 0 Å². The molecule has 0 bridgehead atoms. The van der Waals surface area contributed by atoms with Gasteiger partial charge >= 0.3 is 0 Å². The Hall–Kier alpha value is -2.21. The summed E-state index contributed by atoms with van der Waals surface area (Å²) in [6.45, 7) is 2.08. The maximum atomic E-state index is 13.0. The van der Waals surface area contributed by atoms with Crippen molar-refractivity contribution in [1.29, 1.82) is 0 Å². The standard InChI is InChI=1S/C19H20FN3O.ClH/c1-24-13-15-4-2-14(3-5-15)10-21-11-17-12-22-23-19(17)16-6-8-18(20)9-7-16;/h2-9,12,21H,10-11,13H2,1H3,(H,22,23);1H. The lowest BCUT2D eigenvalue weighted by Gasteiger charge is -2.07. The Labute approximate surface area is 152 Å². The second kappa shape index (κ2) is 9.32. The lowest BCUT2D eigenvalue weighted by molar-refractivity contribution is 0.185. The van der Waals surface area contributed by atoms with Crippen LogP contribution in [0.15, 0.2) is 54.7 Å². The van der Waals surface area contributed by atoms with Crippen molar-refractivity contribution in [3.8, 4) is 11.3 Å². The Kier molecular flexibility index (Phi) is 7.13. The molecule has 0 aliphatic carbocycles. The summed E-state index contributed by atoms with van der Waals surface area (Å²) in [5.74, 6) is -0.241. The lowest BCUT2D eigenvalue weighted by Crippen LogP contribution is -2.12. The van der Waals surface area contributed by atoms with Gasteiger partial charge in [-0.3, -0.25) is 5.10 Å². The highest BCUT2D eigenvalue weighted by Crippen LogP contribution is 2.21. The molecule has 0 unspecified atom stereocenters. The van der Waals surface area contributed by atoms with Gasteiger partial charge in [-0.25, -0.2) is 4.39 Å². The molecular formula is C19H21ClFN3O. The van der Waals surface area contributed by atoms with Crippen molar-refractivity contribution in [2.24, 2.45) is 0 Å². The summed E-state index contributed by atoms with van der Waals surface area (Å²) in [6.07, 6.45) is 1.80. The second-order valence-electron chi connectivity index (χ2n) is 5.63. The number of benzene rings is 2. The molecule has 132 valence electrons. The molecule has 0 radical (unpaired) electrons. The third kappa shape index (κ3) is 5.13. The fourth-order valence-corrected chi connectivity index (χ4v) is 2.57. The number of methoxy groups -OCH3 is 1. The Balaban J connectivity index is 0.00000225. The summed E-state index contributed by atoms with van der Waals surface area (Å²) in [5.41, 5.74) is 5.27. The van der Waals surface area contributed by atoms with E-state index in [1.807, 2.05) is 0 Å². The molecule has 0 saturated carbocycles. The van der Waals surface area contributed by atoms with Crippen LogP contribution in [-0.2, 0) is 24.4 Å². The molecule has 1 heterocycles. The molecule has 4 nitrogen and oxygen atoms in total. The molecule has 25 heavy (non-hydrogen) atoms. The predicted octanol–water partition coefficient (Wildman–Crippen LogP) is 4.07. The zero-order chi connectivity index (χ0) is 16.8. The van der Waals surface area contributed by atoms with Gasteiger partial charge in [0, 0.05) is 31.3 Å². The van der Waals surface area contributed by atoms with Crippen molar-refractivity contribution in [1.82, 2.24) is 15.5 Å². The van der Waals surface area contributed by atoms with E-state index in [1.54, 1.807) is 25.4 Å². The number of hydrogen-bond donors (Lipinski definition) is 2. The summed E-state index contributed by atoms with van der Waals surface area (Å²) in [5, 5.41) is 10.5. The summed E-state index contributed by atoms with van der Waals surface area (Å²) >= 11 is 0. The molecule has 0 spiro atoms. The third-order valence-electron chi connectivity index (χ3n) is 3.83. The first-order valence-electron chi connectivity index (χ1n) is 7.82. The molecule has 0 aliphatic heterocycles. The smallest absolute Gasteiger partial charge is 0.123 e. The fourth-order valence-electron chi connectivity index (χ4n) is 2.57. The molecular weight excluding hydrogens is 341 g/mol. The Morgan fingerprint density at radius 1 is 1.00 bits per heavy atom. The van der Waals surface area contributed by atoms with Crippen molar-refractivity contribution in [3.63, 3.8) is 0 Å². The molecule has 2 N–H and O–H groups in total. The topological polar surface area (TPSA) is 49.9 Å². The molecule has 6 heteroatoms. The maximum absolute atomic E-state index is 13.0. The fraction of sp³-hybridized carbons (Fsp3) is 0.211. The lowest BCUT2D eigenvalue weighted by atomic mass is 10.1. The number of aromatic amines is 1. The van der Waals surface area contributed by atoms with E-state index in [2.05, 4.69) is 39.8 Å². The van der Waals surface area contributed by atoms with Crippen LogP contribution in [0.25, 0.3) is 11.3 Å². The van der Waals surface area contributed by atoms with E-state index >= 15 is 0 Å². The number of hydrogen-bond acceptors (Lipinski definition) is 3. The number of halogens is 2. The van der Waals surface area contributed by atoms with Crippen LogP contribution >= 0.6 is 12.4 Å². The molecule has 1 aromatic heterocycles. The number of rotatable bonds is 7. The van der Waals surface area contributed by atoms with E-state index in [0.717, 1.165) is 28.9 Å². The van der Waals surface area contributed by atoms with E-state index in [9.17, 15) is 4.39 Å². The first-order valence-corrected chi connectivity index (χ1v) is 7.82. The summed E-state index contributed by atoms with van der Waals surface area (Å²) in [4.78, 5) is 0. The van der Waals surface area contributed by atoms with Crippen LogP contribution in [0.3, 0.4) is 0 Å². The van der Waals surface area contributed by atoms with Crippen LogP contribution in [0.5, 0.6) is 0 Å². The number of aromatic nitrogens is 2. The van der Waals surface area contributed by atoms with Crippen molar-refractivity contribution < 1.29 is 9.13 Å². The van der Waals surface area contributed by atoms with Crippen LogP contribution in [0.4, 0.5) is 4.39 Å². The highest BCUT2D eigenvalue weighted by atomic mass is 35.5. The van der Waals surface area contributed by atoms with E-state index in [1.165, 1.54) is 17.7 Å². The molecule has 2 aromatic carbocycles. The minimum absolute atomic E-state index is 0. The van der Waals surface area contributed by atoms with Gasteiger partial charge in [0.1, 0.15) is 5.82 Å². The zero-order valence-electron chi connectivity index (χ0n) is 14.0. The molecule has 0 saturated heterocycles. The maximum Gasteiger partial charge on any atom is 0.123 e. The second-order valence-corrected chi connectivity index (χ2v) is 5.63. The number of nitrogens with zero attached hydrogens (tertiary/aromatic N) is 1.